The minimum Gasteiger partial charge on any atom is -0.466 e. The Balaban J connectivity index is 1.61. The molecule has 0 bridgehead atoms. The number of pyridine rings is 1. The molecule has 0 aliphatic heterocycles. The number of fused-ring (bicyclic) bond motifs is 1. The van der Waals surface area contributed by atoms with Crippen LogP contribution in [0.2, 0.25) is 0 Å². The highest BCUT2D eigenvalue weighted by Gasteiger charge is 2.24. The number of ether oxygens (including phenoxy) is 2. The van der Waals surface area contributed by atoms with Crippen LogP contribution in [0.1, 0.15) is 48.4 Å². The van der Waals surface area contributed by atoms with Crippen LogP contribution in [0.5, 0.6) is 0 Å². The van der Waals surface area contributed by atoms with Crippen LogP contribution in [0.3, 0.4) is 0 Å². The van der Waals surface area contributed by atoms with Gasteiger partial charge in [0.25, 0.3) is 5.91 Å². The Hall–Kier alpha value is -4.42. The van der Waals surface area contributed by atoms with Crippen LogP contribution in [0.25, 0.3) is 11.2 Å². The Bertz CT molecular complexity index is 1240. The van der Waals surface area contributed by atoms with Gasteiger partial charge in [-0.05, 0) is 45.2 Å². The van der Waals surface area contributed by atoms with Crippen LogP contribution in [-0.2, 0) is 31.9 Å². The van der Waals surface area contributed by atoms with E-state index < -0.39 is 23.9 Å². The number of aromatic nitrogens is 5. The van der Waals surface area contributed by atoms with Crippen LogP contribution in [0.4, 0.5) is 11.8 Å². The van der Waals surface area contributed by atoms with Crippen LogP contribution in [-0.4, -0.2) is 62.0 Å². The highest BCUT2D eigenvalue weighted by molar-refractivity contribution is 5.96. The van der Waals surface area contributed by atoms with Gasteiger partial charge in [0.1, 0.15) is 6.04 Å². The zero-order valence-corrected chi connectivity index (χ0v) is 20.1. The molecule has 0 aliphatic rings. The molecule has 0 saturated heterocycles. The largest absolute Gasteiger partial charge is 0.466 e. The lowest BCUT2D eigenvalue weighted by Crippen LogP contribution is -2.42. The molecule has 0 fully saturated rings. The fraction of sp³-hybridized carbons (Fsp3) is 0.391. The van der Waals surface area contributed by atoms with Crippen molar-refractivity contribution in [3.05, 3.63) is 41.5 Å². The maximum atomic E-state index is 12.7. The minimum absolute atomic E-state index is 0.0301. The van der Waals surface area contributed by atoms with E-state index in [4.69, 9.17) is 20.9 Å². The summed E-state index contributed by atoms with van der Waals surface area (Å²) in [5.41, 5.74) is 13.8. The summed E-state index contributed by atoms with van der Waals surface area (Å²) in [6.45, 7) is 3.73. The Morgan fingerprint density at radius 2 is 1.69 bits per heavy atom. The monoisotopic (exact) mass is 496 g/mol. The predicted molar refractivity (Wildman–Crippen MR) is 129 cm³/mol. The molecular formula is C23H28N8O5. The Labute approximate surface area is 207 Å². The van der Waals surface area contributed by atoms with E-state index in [0.29, 0.717) is 29.7 Å². The number of rotatable bonds is 11. The van der Waals surface area contributed by atoms with Crippen molar-refractivity contribution < 1.29 is 23.9 Å². The summed E-state index contributed by atoms with van der Waals surface area (Å²) in [6.07, 6.45) is 4.08. The first kappa shape index (κ1) is 26.2. The van der Waals surface area contributed by atoms with Crippen molar-refractivity contribution in [2.45, 2.75) is 45.6 Å². The van der Waals surface area contributed by atoms with Gasteiger partial charge in [-0.15, -0.1) is 0 Å². The fourth-order valence-corrected chi connectivity index (χ4v) is 3.29. The molecule has 0 saturated carbocycles. The molecule has 1 amide bonds. The van der Waals surface area contributed by atoms with E-state index in [1.807, 2.05) is 0 Å². The lowest BCUT2D eigenvalue weighted by molar-refractivity contribution is -0.146. The minimum atomic E-state index is -0.986. The van der Waals surface area contributed by atoms with Crippen molar-refractivity contribution in [1.82, 2.24) is 30.2 Å². The van der Waals surface area contributed by atoms with Gasteiger partial charge in [0, 0.05) is 18.3 Å². The normalized spacial score (nSPS) is 11.6. The number of aryl methyl sites for hydroxylation is 2. The Kier molecular flexibility index (Phi) is 8.97. The average molecular weight is 497 g/mol. The highest BCUT2D eigenvalue weighted by Crippen LogP contribution is 2.15. The number of nitrogen functional groups attached to an aromatic ring is 2. The van der Waals surface area contributed by atoms with Crippen LogP contribution >= 0.6 is 0 Å². The first-order valence-electron chi connectivity index (χ1n) is 11.4. The number of amides is 1. The van der Waals surface area contributed by atoms with E-state index in [0.717, 1.165) is 5.69 Å². The van der Waals surface area contributed by atoms with Gasteiger partial charge < -0.3 is 26.3 Å². The second-order valence-corrected chi connectivity index (χ2v) is 7.66. The Morgan fingerprint density at radius 1 is 0.944 bits per heavy atom. The average Bonchev–Trinajstić information content (AvgIpc) is 2.85. The van der Waals surface area contributed by atoms with Crippen molar-refractivity contribution in [1.29, 1.82) is 0 Å². The van der Waals surface area contributed by atoms with E-state index in [9.17, 15) is 14.4 Å². The highest BCUT2D eigenvalue weighted by atomic mass is 16.5. The second kappa shape index (κ2) is 12.3. The molecule has 0 unspecified atom stereocenters. The first-order chi connectivity index (χ1) is 17.3. The molecule has 0 aliphatic carbocycles. The topological polar surface area (TPSA) is 198 Å². The number of carbonyl (C=O) groups excluding carboxylic acids is 3. The number of esters is 2. The summed E-state index contributed by atoms with van der Waals surface area (Å²) in [5.74, 6) is -1.40. The Morgan fingerprint density at radius 3 is 2.39 bits per heavy atom. The number of carbonyl (C=O) groups is 3. The summed E-state index contributed by atoms with van der Waals surface area (Å²) in [7, 11) is 0. The molecule has 13 heteroatoms. The summed E-state index contributed by atoms with van der Waals surface area (Å²) in [6, 6.07) is 2.32. The van der Waals surface area contributed by atoms with Crippen molar-refractivity contribution in [2.24, 2.45) is 0 Å². The molecule has 13 nitrogen and oxygen atoms in total. The number of hydrogen-bond donors (Lipinski definition) is 3. The van der Waals surface area contributed by atoms with E-state index in [1.54, 1.807) is 32.2 Å². The zero-order valence-electron chi connectivity index (χ0n) is 20.1. The van der Waals surface area contributed by atoms with Crippen molar-refractivity contribution in [3.8, 4) is 0 Å². The molecule has 0 spiro atoms. The number of hydrogen-bond acceptors (Lipinski definition) is 12. The molecule has 0 radical (unpaired) electrons. The number of nitrogens with zero attached hydrogens (tertiary/aromatic N) is 5. The molecule has 5 N–H and O–H groups in total. The molecule has 3 aromatic heterocycles. The third kappa shape index (κ3) is 7.04. The van der Waals surface area contributed by atoms with Crippen molar-refractivity contribution in [2.75, 3.05) is 24.7 Å². The molecular weight excluding hydrogens is 468 g/mol. The summed E-state index contributed by atoms with van der Waals surface area (Å²) in [5, 5.41) is 2.61. The smallest absolute Gasteiger partial charge is 0.328 e. The molecule has 3 aromatic rings. The summed E-state index contributed by atoms with van der Waals surface area (Å²) >= 11 is 0. The zero-order chi connectivity index (χ0) is 26.1. The van der Waals surface area contributed by atoms with Gasteiger partial charge in [-0.1, -0.05) is 0 Å². The molecule has 3 heterocycles. The first-order valence-corrected chi connectivity index (χ1v) is 11.4. The van der Waals surface area contributed by atoms with Gasteiger partial charge in [0.05, 0.1) is 30.7 Å². The lowest BCUT2D eigenvalue weighted by Gasteiger charge is -2.17. The second-order valence-electron chi connectivity index (χ2n) is 7.66. The van der Waals surface area contributed by atoms with Gasteiger partial charge in [-0.3, -0.25) is 14.6 Å². The molecule has 3 rings (SSSR count). The van der Waals surface area contributed by atoms with Gasteiger partial charge in [0.15, 0.2) is 17.0 Å². The van der Waals surface area contributed by atoms with E-state index >= 15 is 0 Å². The summed E-state index contributed by atoms with van der Waals surface area (Å²) < 4.78 is 9.89. The standard InChI is InChI=1S/C23H28N8O5/c1-3-35-17(32)10-9-16(22(34)36-4-2)29-21(33)13-5-6-14(26-11-13)7-8-15-12-27-20-18(28-15)19(24)30-23(25)31-20/h5-6,11-12,16H,3-4,7-10H2,1-2H3,(H,29,33)(H4,24,25,27,30,31)/t16-/m0/s1. The van der Waals surface area contributed by atoms with E-state index in [-0.39, 0.29) is 43.4 Å². The van der Waals surface area contributed by atoms with Gasteiger partial charge in [-0.25, -0.2) is 14.8 Å². The quantitative estimate of drug-likeness (QED) is 0.315. The third-order valence-corrected chi connectivity index (χ3v) is 5.04. The van der Waals surface area contributed by atoms with Crippen LogP contribution < -0.4 is 16.8 Å². The number of nitrogens with two attached hydrogens (primary N) is 2. The number of anilines is 2. The van der Waals surface area contributed by atoms with Gasteiger partial charge in [0.2, 0.25) is 5.95 Å². The fourth-order valence-electron chi connectivity index (χ4n) is 3.29. The van der Waals surface area contributed by atoms with Crippen molar-refractivity contribution >= 4 is 40.8 Å². The molecule has 0 aromatic carbocycles. The molecule has 36 heavy (non-hydrogen) atoms. The number of nitrogens with one attached hydrogen (secondary N) is 1. The molecule has 190 valence electrons. The maximum Gasteiger partial charge on any atom is 0.328 e. The summed E-state index contributed by atoms with van der Waals surface area (Å²) in [4.78, 5) is 57.5. The SMILES string of the molecule is CCOC(=O)CC[C@H](NC(=O)c1ccc(CCc2cnc3nc(N)nc(N)c3n2)nc1)C(=O)OCC. The maximum absolute atomic E-state index is 12.7. The van der Waals surface area contributed by atoms with Gasteiger partial charge >= 0.3 is 11.9 Å². The van der Waals surface area contributed by atoms with Crippen molar-refractivity contribution in [3.63, 3.8) is 0 Å². The lowest BCUT2D eigenvalue weighted by atomic mass is 10.1. The van der Waals surface area contributed by atoms with Gasteiger partial charge in [-0.2, -0.15) is 9.97 Å². The van der Waals surface area contributed by atoms with Crippen LogP contribution in [0.15, 0.2) is 24.5 Å². The van der Waals surface area contributed by atoms with E-state index in [1.165, 1.54) is 6.20 Å². The van der Waals surface area contributed by atoms with Crippen LogP contribution in [0, 0.1) is 0 Å². The third-order valence-electron chi connectivity index (χ3n) is 5.04. The van der Waals surface area contributed by atoms with E-state index in [2.05, 4.69) is 30.2 Å². The predicted octanol–water partition coefficient (Wildman–Crippen LogP) is 0.769. The molecule has 1 atom stereocenters.